The smallest absolute Gasteiger partial charge is 0.260 e. The molecule has 3 aromatic carbocycles. The number of fused-ring (bicyclic) bond motifs is 1. The van der Waals surface area contributed by atoms with Gasteiger partial charge >= 0.3 is 0 Å². The van der Waals surface area contributed by atoms with Gasteiger partial charge in [0.2, 0.25) is 0 Å². The van der Waals surface area contributed by atoms with Gasteiger partial charge in [-0.2, -0.15) is 0 Å². The van der Waals surface area contributed by atoms with E-state index in [2.05, 4.69) is 5.32 Å². The first kappa shape index (κ1) is 16.3. The molecule has 0 saturated heterocycles. The average Bonchev–Trinajstić information content (AvgIpc) is 2.90. The third-order valence-corrected chi connectivity index (χ3v) is 4.56. The Bertz CT molecular complexity index is 1000. The molecule has 130 valence electrons. The van der Waals surface area contributed by atoms with E-state index in [-0.39, 0.29) is 11.6 Å². The van der Waals surface area contributed by atoms with Crippen LogP contribution in [0, 0.1) is 18.6 Å². The molecule has 1 atom stereocenters. The molecule has 1 aliphatic rings. The Kier molecular flexibility index (Phi) is 3.92. The van der Waals surface area contributed by atoms with Crippen molar-refractivity contribution < 1.29 is 13.6 Å². The van der Waals surface area contributed by atoms with Gasteiger partial charge in [-0.15, -0.1) is 0 Å². The van der Waals surface area contributed by atoms with E-state index in [1.54, 1.807) is 17.0 Å². The Balaban J connectivity index is 1.82. The zero-order valence-corrected chi connectivity index (χ0v) is 14.0. The van der Waals surface area contributed by atoms with Crippen LogP contribution in [0.25, 0.3) is 0 Å². The number of hydrogen-bond donors (Lipinski definition) is 1. The number of amides is 1. The number of para-hydroxylation sites is 1. The number of nitrogens with zero attached hydrogens (tertiary/aromatic N) is 1. The largest absolute Gasteiger partial charge is 0.359 e. The molecule has 1 amide bonds. The predicted octanol–water partition coefficient (Wildman–Crippen LogP) is 5.04. The fraction of sp³-hybridized carbons (Fsp3) is 0.0952. The number of benzene rings is 3. The zero-order valence-electron chi connectivity index (χ0n) is 14.0. The van der Waals surface area contributed by atoms with Crippen LogP contribution in [0.15, 0.2) is 66.7 Å². The molecule has 0 bridgehead atoms. The van der Waals surface area contributed by atoms with Crippen molar-refractivity contribution in [2.24, 2.45) is 0 Å². The molecule has 1 aliphatic heterocycles. The van der Waals surface area contributed by atoms with Crippen molar-refractivity contribution in [1.82, 2.24) is 0 Å². The minimum absolute atomic E-state index is 0.138. The van der Waals surface area contributed by atoms with Crippen LogP contribution in [-0.4, -0.2) is 5.91 Å². The molecule has 0 aromatic heterocycles. The van der Waals surface area contributed by atoms with Gasteiger partial charge in [-0.25, -0.2) is 8.78 Å². The number of nitrogens with one attached hydrogen (secondary N) is 1. The third-order valence-electron chi connectivity index (χ3n) is 4.56. The molecule has 1 N–H and O–H groups in total. The van der Waals surface area contributed by atoms with Crippen LogP contribution < -0.4 is 10.2 Å². The van der Waals surface area contributed by atoms with Gasteiger partial charge in [-0.3, -0.25) is 9.69 Å². The molecular weight excluding hydrogens is 334 g/mol. The Morgan fingerprint density at radius 1 is 0.962 bits per heavy atom. The predicted molar refractivity (Wildman–Crippen MR) is 97.2 cm³/mol. The van der Waals surface area contributed by atoms with Crippen LogP contribution in [0.5, 0.6) is 0 Å². The number of halogens is 2. The van der Waals surface area contributed by atoms with E-state index >= 15 is 0 Å². The summed E-state index contributed by atoms with van der Waals surface area (Å²) in [6, 6.07) is 18.1. The van der Waals surface area contributed by atoms with Crippen LogP contribution in [0.3, 0.4) is 0 Å². The molecule has 1 heterocycles. The molecule has 4 rings (SSSR count). The molecule has 3 nitrogen and oxygen atoms in total. The first-order valence-electron chi connectivity index (χ1n) is 8.26. The minimum atomic E-state index is -0.702. The molecule has 0 radical (unpaired) electrons. The van der Waals surface area contributed by atoms with Crippen LogP contribution in [0.4, 0.5) is 20.2 Å². The summed E-state index contributed by atoms with van der Waals surface area (Å²) < 4.78 is 27.4. The molecule has 0 spiro atoms. The second-order valence-electron chi connectivity index (χ2n) is 6.22. The highest BCUT2D eigenvalue weighted by Gasteiger charge is 2.38. The van der Waals surface area contributed by atoms with E-state index in [9.17, 15) is 13.6 Å². The first-order valence-corrected chi connectivity index (χ1v) is 8.26. The van der Waals surface area contributed by atoms with E-state index in [0.717, 1.165) is 22.9 Å². The number of aryl methyl sites for hydroxylation is 1. The van der Waals surface area contributed by atoms with Crippen molar-refractivity contribution in [3.63, 3.8) is 0 Å². The summed E-state index contributed by atoms with van der Waals surface area (Å²) in [6.07, 6.45) is -0.584. The summed E-state index contributed by atoms with van der Waals surface area (Å²) in [6.45, 7) is 1.92. The Morgan fingerprint density at radius 2 is 1.69 bits per heavy atom. The third kappa shape index (κ3) is 2.62. The molecule has 0 unspecified atom stereocenters. The second kappa shape index (κ2) is 6.26. The van der Waals surface area contributed by atoms with E-state index in [0.29, 0.717) is 5.56 Å². The molecule has 0 fully saturated rings. The SMILES string of the molecule is Cc1ccccc1N1C(=O)c2ccccc2[C@@H]1Nc1ccc(F)cc1F. The van der Waals surface area contributed by atoms with Crippen molar-refractivity contribution in [3.05, 3.63) is 95.1 Å². The average molecular weight is 350 g/mol. The van der Waals surface area contributed by atoms with Gasteiger partial charge in [0.25, 0.3) is 5.91 Å². The summed E-state index contributed by atoms with van der Waals surface area (Å²) in [7, 11) is 0. The van der Waals surface area contributed by atoms with Crippen LogP contribution in [-0.2, 0) is 0 Å². The van der Waals surface area contributed by atoms with Gasteiger partial charge < -0.3 is 5.32 Å². The maximum atomic E-state index is 14.2. The first-order chi connectivity index (χ1) is 12.6. The normalized spacial score (nSPS) is 15.9. The van der Waals surface area contributed by atoms with Crippen molar-refractivity contribution in [2.45, 2.75) is 13.1 Å². The lowest BCUT2D eigenvalue weighted by molar-refractivity contribution is 0.0992. The molecule has 5 heteroatoms. The highest BCUT2D eigenvalue weighted by atomic mass is 19.1. The molecule has 26 heavy (non-hydrogen) atoms. The Morgan fingerprint density at radius 3 is 2.46 bits per heavy atom. The van der Waals surface area contributed by atoms with Gasteiger partial charge in [0.15, 0.2) is 0 Å². The van der Waals surface area contributed by atoms with Gasteiger partial charge in [0.05, 0.1) is 5.69 Å². The highest BCUT2D eigenvalue weighted by molar-refractivity contribution is 6.11. The lowest BCUT2D eigenvalue weighted by Crippen LogP contribution is -2.33. The summed E-state index contributed by atoms with van der Waals surface area (Å²) in [5.41, 5.74) is 3.13. The van der Waals surface area contributed by atoms with Crippen LogP contribution >= 0.6 is 0 Å². The Labute approximate surface area is 149 Å². The molecule has 0 aliphatic carbocycles. The quantitative estimate of drug-likeness (QED) is 0.717. The maximum Gasteiger partial charge on any atom is 0.260 e. The number of carbonyl (C=O) groups is 1. The standard InChI is InChI=1S/C21H16F2N2O/c1-13-6-2-5-9-19(13)25-20(15-7-3-4-8-16(15)21(25)26)24-18-11-10-14(22)12-17(18)23/h2-12,20,24H,1H3/t20-/m1/s1. The number of carbonyl (C=O) groups excluding carboxylic acids is 1. The number of anilines is 2. The van der Waals surface area contributed by atoms with E-state index in [4.69, 9.17) is 0 Å². The lowest BCUT2D eigenvalue weighted by Gasteiger charge is -2.28. The molecule has 0 saturated carbocycles. The minimum Gasteiger partial charge on any atom is -0.359 e. The molecule has 3 aromatic rings. The fourth-order valence-corrected chi connectivity index (χ4v) is 3.29. The molecular formula is C21H16F2N2O. The summed E-state index contributed by atoms with van der Waals surface area (Å²) in [5, 5.41) is 3.06. The van der Waals surface area contributed by atoms with Crippen LogP contribution in [0.1, 0.15) is 27.7 Å². The van der Waals surface area contributed by atoms with Gasteiger partial charge in [-0.05, 0) is 36.8 Å². The van der Waals surface area contributed by atoms with Crippen LogP contribution in [0.2, 0.25) is 0 Å². The number of hydrogen-bond acceptors (Lipinski definition) is 2. The van der Waals surface area contributed by atoms with E-state index in [1.807, 2.05) is 43.3 Å². The van der Waals surface area contributed by atoms with E-state index < -0.39 is 17.8 Å². The van der Waals surface area contributed by atoms with E-state index in [1.165, 1.54) is 12.1 Å². The van der Waals surface area contributed by atoms with Gasteiger partial charge in [0.1, 0.15) is 17.8 Å². The maximum absolute atomic E-state index is 14.2. The van der Waals surface area contributed by atoms with Crippen molar-refractivity contribution in [2.75, 3.05) is 10.2 Å². The van der Waals surface area contributed by atoms with Crippen molar-refractivity contribution in [1.29, 1.82) is 0 Å². The lowest BCUT2D eigenvalue weighted by atomic mass is 10.1. The number of rotatable bonds is 3. The topological polar surface area (TPSA) is 32.3 Å². The fourth-order valence-electron chi connectivity index (χ4n) is 3.29. The second-order valence-corrected chi connectivity index (χ2v) is 6.22. The zero-order chi connectivity index (χ0) is 18.3. The van der Waals surface area contributed by atoms with Crippen molar-refractivity contribution in [3.8, 4) is 0 Å². The summed E-state index contributed by atoms with van der Waals surface area (Å²) in [4.78, 5) is 14.6. The van der Waals surface area contributed by atoms with Gasteiger partial charge in [0, 0.05) is 22.9 Å². The highest BCUT2D eigenvalue weighted by Crippen LogP contribution is 2.39. The van der Waals surface area contributed by atoms with Crippen molar-refractivity contribution >= 4 is 17.3 Å². The van der Waals surface area contributed by atoms with Gasteiger partial charge in [-0.1, -0.05) is 36.4 Å². The summed E-state index contributed by atoms with van der Waals surface area (Å²) >= 11 is 0. The summed E-state index contributed by atoms with van der Waals surface area (Å²) in [5.74, 6) is -1.51. The monoisotopic (exact) mass is 350 g/mol. The Hall–Kier alpha value is -3.21.